The monoisotopic (exact) mass is 745 g/mol. The molecule has 1 amide bonds. The first kappa shape index (κ1) is 34.9. The summed E-state index contributed by atoms with van der Waals surface area (Å²) >= 11 is 0. The lowest BCUT2D eigenvalue weighted by Crippen LogP contribution is -2.52. The van der Waals surface area contributed by atoms with Crippen LogP contribution < -0.4 is 10.1 Å². The van der Waals surface area contributed by atoms with Crippen LogP contribution in [0.5, 0.6) is 5.75 Å². The fraction of sp³-hybridized carbons (Fsp3) is 0.205. The third kappa shape index (κ3) is 5.51. The summed E-state index contributed by atoms with van der Waals surface area (Å²) in [5, 5.41) is 32.6. The van der Waals surface area contributed by atoms with Crippen molar-refractivity contribution in [2.24, 2.45) is 5.92 Å². The minimum Gasteiger partial charge on any atom is -0.491 e. The molecule has 3 aliphatic rings. The lowest BCUT2D eigenvalue weighted by Gasteiger charge is -2.46. The van der Waals surface area contributed by atoms with Gasteiger partial charge in [0.2, 0.25) is 5.91 Å². The number of amides is 1. The molecule has 278 valence electrons. The first-order chi connectivity index (χ1) is 27.4. The standard InChI is InChI=1S/C44H35N5O7/c50-24-25-55-35-20-10-7-17-30(35)40-44(31-26-27(21-22-32(31)45-43(44)54)12-11-23-48-34-19-9-8-18-33(34)46-47-48)36(41(51)52)38-42(53)56-39(29-15-5-2-6-16-29)37(49(38)40)28-13-3-1-4-14-28/h1-10,13-22,26,36-40,50H,23-25H2,(H,45,54)(H,51,52)/t36-,37-,38-,39+,40+,44-/m0/s1. The van der Waals surface area contributed by atoms with Crippen LogP contribution >= 0.6 is 0 Å². The molecule has 3 aliphatic heterocycles. The van der Waals surface area contributed by atoms with Crippen molar-refractivity contribution in [2.75, 3.05) is 18.5 Å². The SMILES string of the molecule is O=C1O[C@H](c2ccccc2)[C@H](c2ccccc2)N2[C@H]1[C@@H](C(=O)O)[C@]1(C(=O)Nc3ccc(C#CCn4nnc5ccccc54)cc31)[C@H]2c1ccccc1OCCO. The van der Waals surface area contributed by atoms with Crippen molar-refractivity contribution in [1.82, 2.24) is 19.9 Å². The molecule has 9 rings (SSSR count). The quantitative estimate of drug-likeness (QED) is 0.140. The van der Waals surface area contributed by atoms with Crippen LogP contribution in [-0.2, 0) is 31.1 Å². The normalized spacial score (nSPS) is 23.8. The van der Waals surface area contributed by atoms with Gasteiger partial charge in [0.1, 0.15) is 47.9 Å². The fourth-order valence-electron chi connectivity index (χ4n) is 8.87. The molecule has 0 saturated carbocycles. The van der Waals surface area contributed by atoms with Gasteiger partial charge in [-0.05, 0) is 53.1 Å². The number of esters is 1. The smallest absolute Gasteiger partial charge is 0.325 e. The molecular formula is C44H35N5O7. The van der Waals surface area contributed by atoms with Gasteiger partial charge in [0.15, 0.2) is 0 Å². The number of ether oxygens (including phenoxy) is 2. The van der Waals surface area contributed by atoms with E-state index in [0.717, 1.165) is 16.6 Å². The Morgan fingerprint density at radius 1 is 0.875 bits per heavy atom. The van der Waals surface area contributed by atoms with E-state index in [9.17, 15) is 19.8 Å². The van der Waals surface area contributed by atoms with Gasteiger partial charge >= 0.3 is 11.9 Å². The maximum Gasteiger partial charge on any atom is 0.325 e. The first-order valence-corrected chi connectivity index (χ1v) is 18.3. The topological polar surface area (TPSA) is 156 Å². The minimum atomic E-state index is -1.89. The molecule has 12 nitrogen and oxygen atoms in total. The van der Waals surface area contributed by atoms with Crippen LogP contribution in [-0.4, -0.2) is 67.2 Å². The lowest BCUT2D eigenvalue weighted by molar-refractivity contribution is -0.179. The number of aliphatic carboxylic acids is 1. The minimum absolute atomic E-state index is 0.0527. The maximum atomic E-state index is 15.0. The highest BCUT2D eigenvalue weighted by atomic mass is 16.6. The molecule has 0 aliphatic carbocycles. The highest BCUT2D eigenvalue weighted by molar-refractivity contribution is 6.11. The highest BCUT2D eigenvalue weighted by Gasteiger charge is 2.74. The molecule has 0 bridgehead atoms. The van der Waals surface area contributed by atoms with Crippen molar-refractivity contribution in [3.63, 3.8) is 0 Å². The third-order valence-electron chi connectivity index (χ3n) is 11.0. The summed E-state index contributed by atoms with van der Waals surface area (Å²) in [6, 6.07) is 35.4. The summed E-state index contributed by atoms with van der Waals surface area (Å²) in [4.78, 5) is 45.4. The Morgan fingerprint density at radius 2 is 1.59 bits per heavy atom. The number of aromatic nitrogens is 3. The van der Waals surface area contributed by atoms with Crippen LogP contribution in [0.3, 0.4) is 0 Å². The van der Waals surface area contributed by atoms with Gasteiger partial charge in [0, 0.05) is 16.8 Å². The lowest BCUT2D eigenvalue weighted by atomic mass is 9.65. The summed E-state index contributed by atoms with van der Waals surface area (Å²) in [6.45, 7) is -0.0981. The molecule has 0 unspecified atom stereocenters. The van der Waals surface area contributed by atoms with Crippen LogP contribution in [0.15, 0.2) is 127 Å². The van der Waals surface area contributed by atoms with Gasteiger partial charge in [-0.25, -0.2) is 4.68 Å². The second kappa shape index (κ2) is 14.1. The number of carboxylic acids is 1. The van der Waals surface area contributed by atoms with Crippen LogP contribution in [0.25, 0.3) is 11.0 Å². The Bertz CT molecular complexity index is 2550. The van der Waals surface area contributed by atoms with Crippen molar-refractivity contribution in [1.29, 1.82) is 0 Å². The average Bonchev–Trinajstić information content (AvgIpc) is 3.88. The number of aliphatic hydroxyl groups excluding tert-OH is 1. The van der Waals surface area contributed by atoms with Crippen LogP contribution in [0, 0.1) is 17.8 Å². The molecule has 1 spiro atoms. The van der Waals surface area contributed by atoms with Crippen molar-refractivity contribution >= 4 is 34.6 Å². The van der Waals surface area contributed by atoms with Gasteiger partial charge in [-0.3, -0.25) is 19.3 Å². The van der Waals surface area contributed by atoms with E-state index < -0.39 is 53.4 Å². The van der Waals surface area contributed by atoms with Crippen molar-refractivity contribution < 1.29 is 34.1 Å². The number of benzene rings is 5. The molecule has 12 heteroatoms. The van der Waals surface area contributed by atoms with E-state index in [0.29, 0.717) is 33.7 Å². The maximum absolute atomic E-state index is 15.0. The van der Waals surface area contributed by atoms with E-state index >= 15 is 4.79 Å². The summed E-state index contributed by atoms with van der Waals surface area (Å²) in [5.41, 5.74) is 2.97. The molecular weight excluding hydrogens is 711 g/mol. The van der Waals surface area contributed by atoms with E-state index in [-0.39, 0.29) is 19.8 Å². The number of aliphatic hydroxyl groups is 1. The zero-order valence-corrected chi connectivity index (χ0v) is 29.9. The van der Waals surface area contributed by atoms with Gasteiger partial charge in [0.05, 0.1) is 24.2 Å². The average molecular weight is 746 g/mol. The van der Waals surface area contributed by atoms with E-state index in [4.69, 9.17) is 9.47 Å². The van der Waals surface area contributed by atoms with Gasteiger partial charge in [-0.1, -0.05) is 108 Å². The van der Waals surface area contributed by atoms with E-state index in [1.54, 1.807) is 47.1 Å². The Morgan fingerprint density at radius 3 is 2.36 bits per heavy atom. The Labute approximate surface area is 321 Å². The fourth-order valence-corrected chi connectivity index (χ4v) is 8.87. The van der Waals surface area contributed by atoms with Gasteiger partial charge in [-0.15, -0.1) is 5.10 Å². The molecule has 2 fully saturated rings. The number of hydrogen-bond acceptors (Lipinski definition) is 9. The second-order valence-corrected chi connectivity index (χ2v) is 14.0. The zero-order valence-electron chi connectivity index (χ0n) is 29.9. The van der Waals surface area contributed by atoms with Crippen molar-refractivity contribution in [3.8, 4) is 17.6 Å². The van der Waals surface area contributed by atoms with Crippen molar-refractivity contribution in [3.05, 3.63) is 155 Å². The zero-order chi connectivity index (χ0) is 38.4. The number of nitrogens with one attached hydrogen (secondary N) is 1. The van der Waals surface area contributed by atoms with E-state index in [1.807, 2.05) is 89.8 Å². The van der Waals surface area contributed by atoms with Crippen molar-refractivity contribution in [2.45, 2.75) is 36.2 Å². The number of carbonyl (C=O) groups excluding carboxylic acids is 2. The number of cyclic esters (lactones) is 1. The van der Waals surface area contributed by atoms with Crippen LogP contribution in [0.4, 0.5) is 5.69 Å². The first-order valence-electron chi connectivity index (χ1n) is 18.3. The number of para-hydroxylation sites is 2. The van der Waals surface area contributed by atoms with E-state index in [1.165, 1.54) is 0 Å². The number of anilines is 1. The largest absolute Gasteiger partial charge is 0.491 e. The summed E-state index contributed by atoms with van der Waals surface area (Å²) in [5.74, 6) is 2.40. The molecule has 1 aromatic heterocycles. The molecule has 56 heavy (non-hydrogen) atoms. The van der Waals surface area contributed by atoms with E-state index in [2.05, 4.69) is 27.5 Å². The second-order valence-electron chi connectivity index (χ2n) is 14.0. The number of nitrogens with zero attached hydrogens (tertiary/aromatic N) is 4. The predicted octanol–water partition coefficient (Wildman–Crippen LogP) is 5.21. The number of carbonyl (C=O) groups is 3. The predicted molar refractivity (Wildman–Crippen MR) is 204 cm³/mol. The Kier molecular flexibility index (Phi) is 8.80. The van der Waals surface area contributed by atoms with Crippen LogP contribution in [0.1, 0.15) is 46.0 Å². The Balaban J connectivity index is 1.27. The molecule has 3 N–H and O–H groups in total. The Hall–Kier alpha value is -6.81. The molecule has 6 aromatic rings. The third-order valence-corrected chi connectivity index (χ3v) is 11.0. The van der Waals surface area contributed by atoms with Crippen LogP contribution in [0.2, 0.25) is 0 Å². The van der Waals surface area contributed by atoms with Gasteiger partial charge < -0.3 is 25.0 Å². The molecule has 4 heterocycles. The van der Waals surface area contributed by atoms with Gasteiger partial charge in [0.25, 0.3) is 0 Å². The number of fused-ring (bicyclic) bond motifs is 4. The summed E-state index contributed by atoms with van der Waals surface area (Å²) in [7, 11) is 0. The number of hydrogen-bond donors (Lipinski definition) is 3. The molecule has 6 atom stereocenters. The van der Waals surface area contributed by atoms with Gasteiger partial charge in [-0.2, -0.15) is 0 Å². The molecule has 5 aromatic carbocycles. The summed E-state index contributed by atoms with van der Waals surface area (Å²) in [6.07, 6.45) is -0.867. The molecule has 2 saturated heterocycles. The summed E-state index contributed by atoms with van der Waals surface area (Å²) < 4.78 is 14.1. The number of morpholine rings is 1. The number of carboxylic acid groups (broad SMARTS) is 1. The number of rotatable bonds is 8. The highest BCUT2D eigenvalue weighted by Crippen LogP contribution is 2.65. The molecule has 0 radical (unpaired) electrons.